The van der Waals surface area contributed by atoms with Crippen molar-refractivity contribution in [2.75, 3.05) is 13.7 Å². The minimum Gasteiger partial charge on any atom is -0.496 e. The van der Waals surface area contributed by atoms with Crippen molar-refractivity contribution < 1.29 is 18.8 Å². The number of hydrogen-bond acceptors (Lipinski definition) is 4. The van der Waals surface area contributed by atoms with Gasteiger partial charge in [-0.25, -0.2) is 4.39 Å². The van der Waals surface area contributed by atoms with Crippen molar-refractivity contribution in [2.45, 2.75) is 13.0 Å². The van der Waals surface area contributed by atoms with Gasteiger partial charge in [-0.05, 0) is 24.3 Å². The van der Waals surface area contributed by atoms with Gasteiger partial charge in [0, 0.05) is 53.8 Å². The second-order valence-corrected chi connectivity index (χ2v) is 6.39. The summed E-state index contributed by atoms with van der Waals surface area (Å²) in [6.07, 6.45) is 0.592. The fraction of sp³-hybridized carbons (Fsp3) is 0.211. The fourth-order valence-corrected chi connectivity index (χ4v) is 3.51. The lowest BCUT2D eigenvalue weighted by Crippen LogP contribution is -2.36. The Balaban J connectivity index is 1.71. The van der Waals surface area contributed by atoms with Crippen LogP contribution in [0.4, 0.5) is 10.1 Å². The van der Waals surface area contributed by atoms with Crippen molar-refractivity contribution in [3.8, 4) is 5.75 Å². The van der Waals surface area contributed by atoms with Gasteiger partial charge in [0.2, 0.25) is 0 Å². The zero-order valence-electron chi connectivity index (χ0n) is 14.5. The maximum Gasteiger partial charge on any atom is 0.270 e. The van der Waals surface area contributed by atoms with Gasteiger partial charge in [0.15, 0.2) is 0 Å². The van der Waals surface area contributed by atoms with Gasteiger partial charge in [-0.3, -0.25) is 14.9 Å². The lowest BCUT2D eigenvalue weighted by molar-refractivity contribution is -0.384. The number of nitrogens with one attached hydrogen (secondary N) is 1. The number of non-ortho nitro benzene ring substituents is 1. The molecule has 1 N–H and O–H groups in total. The number of carbonyl (C=O) groups excluding carboxylic acids is 1. The van der Waals surface area contributed by atoms with Crippen LogP contribution in [0.5, 0.6) is 5.75 Å². The number of fused-ring (bicyclic) bond motifs is 3. The van der Waals surface area contributed by atoms with E-state index in [-0.39, 0.29) is 28.7 Å². The number of benzene rings is 2. The number of ether oxygens (including phenoxy) is 1. The Bertz CT molecular complexity index is 1080. The highest BCUT2D eigenvalue weighted by Crippen LogP contribution is 2.31. The van der Waals surface area contributed by atoms with Gasteiger partial charge in [0.25, 0.3) is 11.6 Å². The molecule has 1 amide bonds. The van der Waals surface area contributed by atoms with Gasteiger partial charge in [0.1, 0.15) is 11.6 Å². The quantitative estimate of drug-likeness (QED) is 0.566. The largest absolute Gasteiger partial charge is 0.496 e. The Morgan fingerprint density at radius 2 is 2.11 bits per heavy atom. The van der Waals surface area contributed by atoms with Crippen LogP contribution in [0.25, 0.3) is 10.9 Å². The van der Waals surface area contributed by atoms with Gasteiger partial charge in [0.05, 0.1) is 17.6 Å². The first-order valence-electron chi connectivity index (χ1n) is 8.38. The highest BCUT2D eigenvalue weighted by atomic mass is 19.1. The summed E-state index contributed by atoms with van der Waals surface area (Å²) in [6, 6.07) is 8.46. The first-order chi connectivity index (χ1) is 13.0. The third-order valence-corrected chi connectivity index (χ3v) is 4.85. The number of amides is 1. The predicted molar refractivity (Wildman–Crippen MR) is 96.3 cm³/mol. The molecule has 0 aliphatic carbocycles. The molecule has 0 bridgehead atoms. The number of methoxy groups -OCH3 is 1. The first kappa shape index (κ1) is 17.0. The van der Waals surface area contributed by atoms with Gasteiger partial charge >= 0.3 is 0 Å². The van der Waals surface area contributed by atoms with Crippen LogP contribution in [0.2, 0.25) is 0 Å². The van der Waals surface area contributed by atoms with E-state index in [2.05, 4.69) is 4.98 Å². The number of hydrogen-bond donors (Lipinski definition) is 1. The summed E-state index contributed by atoms with van der Waals surface area (Å²) in [5, 5.41) is 11.8. The molecular weight excluding hydrogens is 353 g/mol. The molecule has 8 heteroatoms. The highest BCUT2D eigenvalue weighted by Gasteiger charge is 2.27. The lowest BCUT2D eigenvalue weighted by Gasteiger charge is -2.27. The number of nitro groups is 1. The number of carbonyl (C=O) groups is 1. The summed E-state index contributed by atoms with van der Waals surface area (Å²) in [5.74, 6) is -0.415. The van der Waals surface area contributed by atoms with E-state index in [0.29, 0.717) is 19.5 Å². The van der Waals surface area contributed by atoms with E-state index < -0.39 is 4.92 Å². The van der Waals surface area contributed by atoms with Crippen molar-refractivity contribution in [2.24, 2.45) is 0 Å². The maximum atomic E-state index is 13.6. The molecule has 0 spiro atoms. The smallest absolute Gasteiger partial charge is 0.270 e. The van der Waals surface area contributed by atoms with Gasteiger partial charge in [-0.2, -0.15) is 0 Å². The Labute approximate surface area is 153 Å². The second-order valence-electron chi connectivity index (χ2n) is 6.39. The minimum atomic E-state index is -0.549. The Morgan fingerprint density at radius 3 is 2.85 bits per heavy atom. The molecule has 1 aromatic heterocycles. The fourth-order valence-electron chi connectivity index (χ4n) is 3.51. The van der Waals surface area contributed by atoms with Crippen LogP contribution in [0, 0.1) is 15.9 Å². The van der Waals surface area contributed by atoms with Crippen molar-refractivity contribution in [1.82, 2.24) is 9.88 Å². The molecule has 0 saturated carbocycles. The maximum absolute atomic E-state index is 13.6. The predicted octanol–water partition coefficient (Wildman–Crippen LogP) is 3.42. The Kier molecular flexibility index (Phi) is 4.02. The third kappa shape index (κ3) is 2.88. The van der Waals surface area contributed by atoms with Crippen molar-refractivity contribution in [3.63, 3.8) is 0 Å². The second kappa shape index (κ2) is 6.39. The van der Waals surface area contributed by atoms with E-state index >= 15 is 0 Å². The van der Waals surface area contributed by atoms with Crippen molar-refractivity contribution in [3.05, 3.63) is 69.2 Å². The van der Waals surface area contributed by atoms with Crippen molar-refractivity contribution >= 4 is 22.5 Å². The van der Waals surface area contributed by atoms with E-state index in [1.54, 1.807) is 11.0 Å². The summed E-state index contributed by atoms with van der Waals surface area (Å²) in [6.45, 7) is 0.746. The SMILES string of the molecule is COc1ccc([N+](=O)[O-])cc1C(=O)N1CCc2[nH]c3ccc(F)cc3c2C1. The van der Waals surface area contributed by atoms with Crippen LogP contribution in [-0.4, -0.2) is 34.4 Å². The summed E-state index contributed by atoms with van der Waals surface area (Å²) in [5.41, 5.74) is 2.63. The number of halogens is 1. The standard InChI is InChI=1S/C19H16FN3O4/c1-27-18-5-3-12(23(25)26)9-14(18)19(24)22-7-6-17-15(10-22)13-8-11(20)2-4-16(13)21-17/h2-5,8-9,21H,6-7,10H2,1H3. The molecular formula is C19H16FN3O4. The zero-order chi connectivity index (χ0) is 19.1. The Morgan fingerprint density at radius 1 is 1.30 bits per heavy atom. The summed E-state index contributed by atoms with van der Waals surface area (Å²) < 4.78 is 18.9. The number of rotatable bonds is 3. The topological polar surface area (TPSA) is 88.5 Å². The molecule has 3 aromatic rings. The summed E-state index contributed by atoms with van der Waals surface area (Å²) >= 11 is 0. The molecule has 2 heterocycles. The molecule has 0 atom stereocenters. The molecule has 138 valence electrons. The average Bonchev–Trinajstić information content (AvgIpc) is 3.03. The van der Waals surface area contributed by atoms with E-state index in [9.17, 15) is 19.3 Å². The van der Waals surface area contributed by atoms with Gasteiger partial charge < -0.3 is 14.6 Å². The molecule has 0 unspecified atom stereocenters. The van der Waals surface area contributed by atoms with E-state index in [1.165, 1.54) is 37.4 Å². The van der Waals surface area contributed by atoms with Gasteiger partial charge in [-0.1, -0.05) is 0 Å². The third-order valence-electron chi connectivity index (χ3n) is 4.85. The van der Waals surface area contributed by atoms with Crippen LogP contribution in [0.3, 0.4) is 0 Å². The number of H-pyrrole nitrogens is 1. The van der Waals surface area contributed by atoms with Crippen LogP contribution in [0.1, 0.15) is 21.6 Å². The number of aromatic amines is 1. The number of nitrogens with zero attached hydrogens (tertiary/aromatic N) is 2. The number of nitro benzene ring substituents is 1. The summed E-state index contributed by atoms with van der Waals surface area (Å²) in [7, 11) is 1.41. The number of aromatic nitrogens is 1. The molecule has 0 saturated heterocycles. The highest BCUT2D eigenvalue weighted by molar-refractivity contribution is 5.98. The first-order valence-corrected chi connectivity index (χ1v) is 8.38. The molecule has 1 aliphatic rings. The van der Waals surface area contributed by atoms with Crippen LogP contribution >= 0.6 is 0 Å². The zero-order valence-corrected chi connectivity index (χ0v) is 14.5. The van der Waals surface area contributed by atoms with Crippen LogP contribution in [0.15, 0.2) is 36.4 Å². The normalized spacial score (nSPS) is 13.5. The van der Waals surface area contributed by atoms with Crippen LogP contribution < -0.4 is 4.74 Å². The molecule has 4 rings (SSSR count). The molecule has 2 aromatic carbocycles. The van der Waals surface area contributed by atoms with Crippen molar-refractivity contribution in [1.29, 1.82) is 0 Å². The molecule has 1 aliphatic heterocycles. The van der Waals surface area contributed by atoms with Crippen LogP contribution in [-0.2, 0) is 13.0 Å². The van der Waals surface area contributed by atoms with E-state index in [4.69, 9.17) is 4.74 Å². The minimum absolute atomic E-state index is 0.140. The van der Waals surface area contributed by atoms with E-state index in [1.807, 2.05) is 0 Å². The van der Waals surface area contributed by atoms with E-state index in [0.717, 1.165) is 22.2 Å². The molecule has 7 nitrogen and oxygen atoms in total. The Hall–Kier alpha value is -3.42. The summed E-state index contributed by atoms with van der Waals surface area (Å²) in [4.78, 5) is 28.4. The molecule has 27 heavy (non-hydrogen) atoms. The molecule has 0 fully saturated rings. The monoisotopic (exact) mass is 369 g/mol. The average molecular weight is 369 g/mol. The molecule has 0 radical (unpaired) electrons. The lowest BCUT2D eigenvalue weighted by atomic mass is 10.0. The van der Waals surface area contributed by atoms with Gasteiger partial charge in [-0.15, -0.1) is 0 Å².